The highest BCUT2D eigenvalue weighted by molar-refractivity contribution is 5.77. The van der Waals surface area contributed by atoms with Crippen molar-refractivity contribution in [3.05, 3.63) is 34.9 Å². The van der Waals surface area contributed by atoms with Crippen molar-refractivity contribution in [2.75, 3.05) is 0 Å². The van der Waals surface area contributed by atoms with E-state index in [2.05, 4.69) is 66.7 Å². The van der Waals surface area contributed by atoms with Gasteiger partial charge < -0.3 is 10.2 Å². The van der Waals surface area contributed by atoms with Gasteiger partial charge >= 0.3 is 5.97 Å². The van der Waals surface area contributed by atoms with Crippen molar-refractivity contribution in [3.8, 4) is 0 Å². The molecule has 3 nitrogen and oxygen atoms in total. The van der Waals surface area contributed by atoms with Crippen LogP contribution in [0.3, 0.4) is 0 Å². The summed E-state index contributed by atoms with van der Waals surface area (Å²) in [6.07, 6.45) is 21.0. The summed E-state index contributed by atoms with van der Waals surface area (Å²) in [5.41, 5.74) is 1.52. The van der Waals surface area contributed by atoms with Crippen LogP contribution in [0.2, 0.25) is 0 Å². The van der Waals surface area contributed by atoms with Crippen LogP contribution in [0.25, 0.3) is 0 Å². The van der Waals surface area contributed by atoms with Crippen LogP contribution in [0.1, 0.15) is 174 Å². The third-order valence-corrected chi connectivity index (χ3v) is 8.06. The van der Waals surface area contributed by atoms with Crippen LogP contribution in [0.15, 0.2) is 18.2 Å². The molecule has 0 fully saturated rings. The summed E-state index contributed by atoms with van der Waals surface area (Å²) in [6, 6.07) is 6.42. The zero-order valence-corrected chi connectivity index (χ0v) is 26.3. The van der Waals surface area contributed by atoms with Crippen LogP contribution in [0.5, 0.6) is 0 Å². The molecule has 1 aromatic rings. The number of carboxylic acid groups (broad SMARTS) is 1. The molecule has 0 aromatic heterocycles. The van der Waals surface area contributed by atoms with E-state index in [0.29, 0.717) is 6.42 Å². The molecule has 38 heavy (non-hydrogen) atoms. The first-order chi connectivity index (χ1) is 17.8. The van der Waals surface area contributed by atoms with Crippen LogP contribution in [-0.2, 0) is 22.0 Å². The maximum Gasteiger partial charge on any atom is 0.336 e. The van der Waals surface area contributed by atoms with E-state index in [4.69, 9.17) is 0 Å². The van der Waals surface area contributed by atoms with Gasteiger partial charge in [0, 0.05) is 6.42 Å². The van der Waals surface area contributed by atoms with Gasteiger partial charge in [0.2, 0.25) is 0 Å². The van der Waals surface area contributed by atoms with Gasteiger partial charge in [-0.1, -0.05) is 163 Å². The van der Waals surface area contributed by atoms with Crippen LogP contribution in [-0.4, -0.2) is 21.8 Å². The number of carbonyl (C=O) groups is 1. The first kappa shape index (κ1) is 34.7. The third kappa shape index (κ3) is 14.2. The average Bonchev–Trinajstić information content (AvgIpc) is 2.82. The van der Waals surface area contributed by atoms with E-state index in [9.17, 15) is 15.0 Å². The number of benzene rings is 1. The van der Waals surface area contributed by atoms with Crippen LogP contribution in [0.4, 0.5) is 0 Å². The summed E-state index contributed by atoms with van der Waals surface area (Å²) in [6.45, 7) is 15.3. The molecular weight excluding hydrogens is 468 g/mol. The average molecular weight is 531 g/mol. The van der Waals surface area contributed by atoms with Gasteiger partial charge in [0.05, 0.1) is 0 Å². The second kappa shape index (κ2) is 17.4. The molecule has 2 N–H and O–H groups in total. The molecule has 0 amide bonds. The van der Waals surface area contributed by atoms with E-state index in [1.807, 2.05) is 0 Å². The Morgan fingerprint density at radius 3 is 1.26 bits per heavy atom. The fourth-order valence-corrected chi connectivity index (χ4v) is 5.23. The zero-order chi connectivity index (χ0) is 28.7. The van der Waals surface area contributed by atoms with Crippen molar-refractivity contribution in [2.45, 2.75) is 180 Å². The molecular formula is C35H62O3. The van der Waals surface area contributed by atoms with Gasteiger partial charge in [0.25, 0.3) is 0 Å². The van der Waals surface area contributed by atoms with Crippen LogP contribution >= 0.6 is 0 Å². The first-order valence-electron chi connectivity index (χ1n) is 15.9. The van der Waals surface area contributed by atoms with Crippen molar-refractivity contribution in [3.63, 3.8) is 0 Å². The molecule has 0 spiro atoms. The molecule has 1 atom stereocenters. The zero-order valence-electron chi connectivity index (χ0n) is 26.3. The Morgan fingerprint density at radius 2 is 0.947 bits per heavy atom. The summed E-state index contributed by atoms with van der Waals surface area (Å²) in [7, 11) is 0. The molecule has 1 aromatic carbocycles. The predicted octanol–water partition coefficient (Wildman–Crippen LogP) is 10.3. The first-order valence-corrected chi connectivity index (χ1v) is 15.9. The highest BCUT2D eigenvalue weighted by Crippen LogP contribution is 2.32. The van der Waals surface area contributed by atoms with Gasteiger partial charge in [-0.3, -0.25) is 0 Å². The maximum atomic E-state index is 12.1. The minimum Gasteiger partial charge on any atom is -0.479 e. The van der Waals surface area contributed by atoms with Gasteiger partial charge in [-0.15, -0.1) is 0 Å². The summed E-state index contributed by atoms with van der Waals surface area (Å²) in [4.78, 5) is 12.1. The summed E-state index contributed by atoms with van der Waals surface area (Å²) in [5.74, 6) is -1.10. The summed E-state index contributed by atoms with van der Waals surface area (Å²) < 4.78 is 0. The lowest BCUT2D eigenvalue weighted by Crippen LogP contribution is -2.41. The molecule has 0 aliphatic rings. The van der Waals surface area contributed by atoms with E-state index in [0.717, 1.165) is 24.8 Å². The second-order valence-corrected chi connectivity index (χ2v) is 14.0. The lowest BCUT2D eigenvalue weighted by Gasteiger charge is -2.29. The largest absolute Gasteiger partial charge is 0.479 e. The Hall–Kier alpha value is -1.35. The lowest BCUT2D eigenvalue weighted by molar-refractivity contribution is -0.159. The Bertz CT molecular complexity index is 751. The number of hydrogen-bond donors (Lipinski definition) is 2. The number of hydrogen-bond acceptors (Lipinski definition) is 2. The van der Waals surface area contributed by atoms with Crippen molar-refractivity contribution in [1.29, 1.82) is 0 Å². The number of carboxylic acids is 1. The van der Waals surface area contributed by atoms with E-state index in [-0.39, 0.29) is 17.3 Å². The smallest absolute Gasteiger partial charge is 0.336 e. The van der Waals surface area contributed by atoms with E-state index in [1.54, 1.807) is 0 Å². The Morgan fingerprint density at radius 1 is 0.605 bits per heavy atom. The van der Waals surface area contributed by atoms with Crippen molar-refractivity contribution >= 4 is 5.97 Å². The van der Waals surface area contributed by atoms with Gasteiger partial charge in [-0.25, -0.2) is 4.79 Å². The predicted molar refractivity (Wildman–Crippen MR) is 164 cm³/mol. The van der Waals surface area contributed by atoms with Crippen molar-refractivity contribution < 1.29 is 15.0 Å². The number of aliphatic carboxylic acids is 1. The lowest BCUT2D eigenvalue weighted by atomic mass is 9.78. The van der Waals surface area contributed by atoms with Crippen LogP contribution in [0, 0.1) is 0 Å². The highest BCUT2D eigenvalue weighted by Gasteiger charge is 2.36. The topological polar surface area (TPSA) is 57.5 Å². The number of rotatable bonds is 20. The van der Waals surface area contributed by atoms with Gasteiger partial charge in [0.15, 0.2) is 5.60 Å². The van der Waals surface area contributed by atoms with E-state index in [1.165, 1.54) is 94.6 Å². The number of aliphatic hydroxyl groups is 1. The summed E-state index contributed by atoms with van der Waals surface area (Å²) >= 11 is 0. The second-order valence-electron chi connectivity index (χ2n) is 14.0. The van der Waals surface area contributed by atoms with Crippen molar-refractivity contribution in [2.24, 2.45) is 0 Å². The van der Waals surface area contributed by atoms with Gasteiger partial charge in [-0.2, -0.15) is 0 Å². The fraction of sp³-hybridized carbons (Fsp3) is 0.800. The monoisotopic (exact) mass is 530 g/mol. The molecule has 220 valence electrons. The van der Waals surface area contributed by atoms with E-state index >= 15 is 0 Å². The van der Waals surface area contributed by atoms with Gasteiger partial charge in [-0.05, 0) is 40.4 Å². The molecule has 1 rings (SSSR count). The summed E-state index contributed by atoms with van der Waals surface area (Å²) in [5, 5.41) is 21.1. The van der Waals surface area contributed by atoms with Crippen LogP contribution < -0.4 is 0 Å². The molecule has 0 saturated carbocycles. The molecule has 0 bridgehead atoms. The molecule has 1 unspecified atom stereocenters. The minimum atomic E-state index is -1.71. The highest BCUT2D eigenvalue weighted by atomic mass is 16.4. The number of unbranched alkanes of at least 4 members (excludes halogenated alkanes) is 15. The van der Waals surface area contributed by atoms with Crippen molar-refractivity contribution in [1.82, 2.24) is 0 Å². The minimum absolute atomic E-state index is 0.0365. The third-order valence-electron chi connectivity index (χ3n) is 8.06. The Kier molecular flexibility index (Phi) is 15.8. The molecule has 0 aliphatic heterocycles. The normalized spacial score (nSPS) is 14.0. The Balaban J connectivity index is 2.38. The molecule has 0 heterocycles. The van der Waals surface area contributed by atoms with Gasteiger partial charge in [0.1, 0.15) is 0 Å². The fourth-order valence-electron chi connectivity index (χ4n) is 5.23. The quantitative estimate of drug-likeness (QED) is 0.165. The standard InChI is InChI=1S/C35H62O3/c1-8-9-10-11-12-13-14-15-16-17-18-19-20-21-22-23-24-35(38,32(36)37)28-29-25-30(33(2,3)4)27-31(26-29)34(5,6)7/h25-27,38H,8-24,28H2,1-7H3,(H,36,37). The Labute approximate surface area is 236 Å². The molecule has 3 heteroatoms. The molecule has 0 aliphatic carbocycles. The van der Waals surface area contributed by atoms with E-state index < -0.39 is 11.6 Å². The molecule has 0 radical (unpaired) electrons. The maximum absolute atomic E-state index is 12.1. The SMILES string of the molecule is CCCCCCCCCCCCCCCCCCC(O)(Cc1cc(C(C)(C)C)cc(C(C)(C)C)c1)C(=O)O. The molecule has 0 saturated heterocycles.